The molecular weight excluding hydrogens is 426 g/mol. The first-order valence-electron chi connectivity index (χ1n) is 11.0. The molecule has 0 amide bonds. The van der Waals surface area contributed by atoms with Crippen LogP contribution in [0.4, 0.5) is 0 Å². The third-order valence-corrected chi connectivity index (χ3v) is 6.95. The van der Waals surface area contributed by atoms with E-state index in [4.69, 9.17) is 0 Å². The van der Waals surface area contributed by atoms with Gasteiger partial charge in [-0.25, -0.2) is 4.58 Å². The Labute approximate surface area is 204 Å². The average molecular weight is 462 g/mol. The molecule has 33 heavy (non-hydrogen) atoms. The van der Waals surface area contributed by atoms with Crippen molar-refractivity contribution in [2.75, 3.05) is 14.1 Å². The van der Waals surface area contributed by atoms with Crippen molar-refractivity contribution in [3.63, 3.8) is 0 Å². The van der Waals surface area contributed by atoms with E-state index in [9.17, 15) is 0 Å². The summed E-state index contributed by atoms with van der Waals surface area (Å²) in [6.07, 6.45) is 11.6. The SMILES string of the molecule is CC1=C(C(C2=C(C)Cc3ccccc32)C2C=CC(=[N+](C)C)C=C2)c2ccccc2C1.N.N.[Cl-]. The molecule has 5 rings (SSSR count). The summed E-state index contributed by atoms with van der Waals surface area (Å²) in [7, 11) is 4.23. The summed E-state index contributed by atoms with van der Waals surface area (Å²) in [5, 5.41) is 0. The smallest absolute Gasteiger partial charge is 0.198 e. The molecule has 0 radical (unpaired) electrons. The van der Waals surface area contributed by atoms with E-state index < -0.39 is 0 Å². The summed E-state index contributed by atoms with van der Waals surface area (Å²) in [5.74, 6) is 0.717. The zero-order valence-corrected chi connectivity index (χ0v) is 21.0. The van der Waals surface area contributed by atoms with Crippen molar-refractivity contribution in [1.29, 1.82) is 0 Å². The zero-order valence-electron chi connectivity index (χ0n) is 20.2. The molecule has 3 aliphatic rings. The van der Waals surface area contributed by atoms with Gasteiger partial charge in [-0.2, -0.15) is 0 Å². The van der Waals surface area contributed by atoms with E-state index in [1.807, 2.05) is 0 Å². The number of benzene rings is 2. The highest BCUT2D eigenvalue weighted by atomic mass is 35.5. The summed E-state index contributed by atoms with van der Waals surface area (Å²) >= 11 is 0. The van der Waals surface area contributed by atoms with Gasteiger partial charge >= 0.3 is 0 Å². The lowest BCUT2D eigenvalue weighted by atomic mass is 9.73. The van der Waals surface area contributed by atoms with Gasteiger partial charge in [-0.05, 0) is 60.1 Å². The molecule has 0 fully saturated rings. The van der Waals surface area contributed by atoms with Gasteiger partial charge in [0.25, 0.3) is 0 Å². The second-order valence-corrected chi connectivity index (χ2v) is 9.15. The molecule has 0 bridgehead atoms. The van der Waals surface area contributed by atoms with Gasteiger partial charge in [-0.15, -0.1) is 0 Å². The van der Waals surface area contributed by atoms with Crippen LogP contribution in [0.1, 0.15) is 36.1 Å². The van der Waals surface area contributed by atoms with Crippen LogP contribution >= 0.6 is 0 Å². The maximum absolute atomic E-state index is 2.42. The lowest BCUT2D eigenvalue weighted by Crippen LogP contribution is -3.00. The van der Waals surface area contributed by atoms with Crippen LogP contribution in [-0.4, -0.2) is 24.4 Å². The van der Waals surface area contributed by atoms with E-state index in [1.165, 1.54) is 39.1 Å². The fraction of sp³-hybridized carbons (Fsp3) is 0.276. The quantitative estimate of drug-likeness (QED) is 0.687. The van der Waals surface area contributed by atoms with Crippen molar-refractivity contribution in [2.45, 2.75) is 26.7 Å². The van der Waals surface area contributed by atoms with Gasteiger partial charge in [0.05, 0.1) is 0 Å². The average Bonchev–Trinajstić information content (AvgIpc) is 3.25. The van der Waals surface area contributed by atoms with Crippen LogP contribution in [0.5, 0.6) is 0 Å². The third kappa shape index (κ3) is 4.54. The van der Waals surface area contributed by atoms with Crippen LogP contribution in [0.2, 0.25) is 0 Å². The monoisotopic (exact) mass is 461 g/mol. The maximum Gasteiger partial charge on any atom is 0.198 e. The van der Waals surface area contributed by atoms with Gasteiger partial charge in [0.15, 0.2) is 5.71 Å². The molecule has 174 valence electrons. The third-order valence-electron chi connectivity index (χ3n) is 6.95. The summed E-state index contributed by atoms with van der Waals surface area (Å²) in [6, 6.07) is 18.0. The minimum Gasteiger partial charge on any atom is -1.00 e. The van der Waals surface area contributed by atoms with Crippen LogP contribution < -0.4 is 24.7 Å². The van der Waals surface area contributed by atoms with Crippen LogP contribution in [0, 0.1) is 11.8 Å². The standard InChI is InChI=1S/C29H30N.ClH.2H3N/c1-19-17-22-9-5-7-11-25(22)27(19)29(21-13-15-24(16-14-21)30(3)4)28-20(2)18-23-10-6-8-12-26(23)28;;;/h5-16,21,29H,17-18H2,1-4H3;1H;2*1H3/q+1;;;/p-1. The molecule has 0 aromatic heterocycles. The second kappa shape index (κ2) is 10.5. The lowest BCUT2D eigenvalue weighted by molar-refractivity contribution is -0.462. The van der Waals surface area contributed by atoms with E-state index in [2.05, 4.69) is 105 Å². The van der Waals surface area contributed by atoms with E-state index in [1.54, 1.807) is 11.1 Å². The van der Waals surface area contributed by atoms with Crippen molar-refractivity contribution in [3.05, 3.63) is 106 Å². The van der Waals surface area contributed by atoms with E-state index in [0.717, 1.165) is 12.8 Å². The van der Waals surface area contributed by atoms with Crippen LogP contribution in [0.15, 0.2) is 84.0 Å². The summed E-state index contributed by atoms with van der Waals surface area (Å²) in [4.78, 5) is 0. The molecular formula is C29H36ClN3. The fourth-order valence-electron chi connectivity index (χ4n) is 5.55. The van der Waals surface area contributed by atoms with Crippen molar-refractivity contribution < 1.29 is 17.0 Å². The van der Waals surface area contributed by atoms with Crippen molar-refractivity contribution in [1.82, 2.24) is 12.3 Å². The Hall–Kier alpha value is -2.72. The molecule has 2 aromatic carbocycles. The predicted octanol–water partition coefficient (Wildman–Crippen LogP) is 3.45. The Balaban J connectivity index is 0.00000128. The number of nitrogens with zero attached hydrogens (tertiary/aromatic N) is 1. The molecule has 0 atom stereocenters. The Morgan fingerprint density at radius 3 is 1.58 bits per heavy atom. The molecule has 0 aliphatic heterocycles. The highest BCUT2D eigenvalue weighted by molar-refractivity contribution is 6.01. The van der Waals surface area contributed by atoms with Crippen LogP contribution in [-0.2, 0) is 12.8 Å². The van der Waals surface area contributed by atoms with E-state index >= 15 is 0 Å². The number of allylic oxidation sites excluding steroid dienone is 8. The fourth-order valence-corrected chi connectivity index (χ4v) is 5.55. The van der Waals surface area contributed by atoms with Gasteiger partial charge in [0, 0.05) is 24.0 Å². The number of hydrogen-bond donors (Lipinski definition) is 2. The van der Waals surface area contributed by atoms with Crippen molar-refractivity contribution in [3.8, 4) is 0 Å². The number of halogens is 1. The van der Waals surface area contributed by atoms with Gasteiger partial charge in [-0.1, -0.05) is 71.8 Å². The van der Waals surface area contributed by atoms with Crippen LogP contribution in [0.3, 0.4) is 0 Å². The summed E-state index contributed by atoms with van der Waals surface area (Å²) in [5.41, 5.74) is 13.3. The van der Waals surface area contributed by atoms with E-state index in [0.29, 0.717) is 11.8 Å². The first-order chi connectivity index (χ1) is 14.5. The maximum atomic E-state index is 2.42. The number of fused-ring (bicyclic) bond motifs is 2. The Morgan fingerprint density at radius 1 is 0.727 bits per heavy atom. The molecule has 0 saturated heterocycles. The predicted molar refractivity (Wildman–Crippen MR) is 138 cm³/mol. The normalized spacial score (nSPS) is 18.0. The molecule has 0 unspecified atom stereocenters. The molecule has 4 heteroatoms. The first-order valence-corrected chi connectivity index (χ1v) is 11.0. The van der Waals surface area contributed by atoms with Gasteiger partial charge in [0.2, 0.25) is 0 Å². The number of hydrogen-bond acceptors (Lipinski definition) is 2. The highest BCUT2D eigenvalue weighted by Crippen LogP contribution is 2.51. The molecule has 6 N–H and O–H groups in total. The molecule has 3 nitrogen and oxygen atoms in total. The van der Waals surface area contributed by atoms with Crippen LogP contribution in [0.25, 0.3) is 11.1 Å². The van der Waals surface area contributed by atoms with Gasteiger partial charge in [0.1, 0.15) is 14.1 Å². The molecule has 0 saturated carbocycles. The number of rotatable bonds is 3. The van der Waals surface area contributed by atoms with Crippen molar-refractivity contribution in [2.24, 2.45) is 11.8 Å². The van der Waals surface area contributed by atoms with Gasteiger partial charge < -0.3 is 24.7 Å². The van der Waals surface area contributed by atoms with Crippen molar-refractivity contribution >= 4 is 16.9 Å². The minimum absolute atomic E-state index is 0. The lowest BCUT2D eigenvalue weighted by Gasteiger charge is -2.30. The Morgan fingerprint density at radius 2 is 1.15 bits per heavy atom. The highest BCUT2D eigenvalue weighted by Gasteiger charge is 2.36. The molecule has 0 heterocycles. The molecule has 3 aliphatic carbocycles. The van der Waals surface area contributed by atoms with Gasteiger partial charge in [-0.3, -0.25) is 0 Å². The molecule has 2 aromatic rings. The Kier molecular flexibility index (Phi) is 8.42. The first kappa shape index (κ1) is 26.5. The largest absolute Gasteiger partial charge is 1.00 e. The zero-order chi connectivity index (χ0) is 20.8. The second-order valence-electron chi connectivity index (χ2n) is 9.15. The van der Waals surface area contributed by atoms with E-state index in [-0.39, 0.29) is 24.7 Å². The summed E-state index contributed by atoms with van der Waals surface area (Å²) < 4.78 is 2.18. The minimum atomic E-state index is 0. The summed E-state index contributed by atoms with van der Waals surface area (Å²) in [6.45, 7) is 4.68. The molecule has 0 spiro atoms. The Bertz CT molecular complexity index is 1110. The topological polar surface area (TPSA) is 73.0 Å².